The Morgan fingerprint density at radius 3 is 2.42 bits per heavy atom. The SMILES string of the molecule is Cc1nc(Cl)c(N2CC(=O)NC(=O)C2(C)C)nc1C. The van der Waals surface area contributed by atoms with E-state index >= 15 is 0 Å². The van der Waals surface area contributed by atoms with Crippen LogP contribution in [0.4, 0.5) is 5.82 Å². The highest BCUT2D eigenvalue weighted by Gasteiger charge is 2.42. The van der Waals surface area contributed by atoms with Crippen LogP contribution in [0.2, 0.25) is 5.15 Å². The molecule has 1 aromatic heterocycles. The summed E-state index contributed by atoms with van der Waals surface area (Å²) in [5.41, 5.74) is 0.529. The number of aryl methyl sites for hydroxylation is 2. The van der Waals surface area contributed by atoms with Crippen molar-refractivity contribution in [1.82, 2.24) is 15.3 Å². The molecule has 102 valence electrons. The van der Waals surface area contributed by atoms with Crippen molar-refractivity contribution in [1.29, 1.82) is 0 Å². The molecule has 0 aromatic carbocycles. The molecule has 1 saturated heterocycles. The van der Waals surface area contributed by atoms with Gasteiger partial charge in [0.15, 0.2) is 11.0 Å². The minimum Gasteiger partial charge on any atom is -0.331 e. The van der Waals surface area contributed by atoms with Crippen LogP contribution in [-0.2, 0) is 9.59 Å². The summed E-state index contributed by atoms with van der Waals surface area (Å²) in [6.07, 6.45) is 0. The molecule has 1 aromatic rings. The standard InChI is InChI=1S/C12H15ClN4O2/c1-6-7(2)15-10(9(13)14-6)17-5-8(18)16-11(19)12(17,3)4/h5H2,1-4H3,(H,16,18,19). The van der Waals surface area contributed by atoms with E-state index in [4.69, 9.17) is 11.6 Å². The van der Waals surface area contributed by atoms with E-state index in [1.807, 2.05) is 0 Å². The third kappa shape index (κ3) is 2.28. The van der Waals surface area contributed by atoms with Gasteiger partial charge >= 0.3 is 0 Å². The molecule has 2 heterocycles. The second-order valence-corrected chi connectivity index (χ2v) is 5.39. The minimum atomic E-state index is -0.909. The normalized spacial score (nSPS) is 18.5. The van der Waals surface area contributed by atoms with Gasteiger partial charge in [0.2, 0.25) is 5.91 Å². The van der Waals surface area contributed by atoms with Gasteiger partial charge in [-0.1, -0.05) is 11.6 Å². The Hall–Kier alpha value is -1.69. The van der Waals surface area contributed by atoms with E-state index < -0.39 is 5.54 Å². The fraction of sp³-hybridized carbons (Fsp3) is 0.500. The summed E-state index contributed by atoms with van der Waals surface area (Å²) in [6.45, 7) is 7.05. The van der Waals surface area contributed by atoms with Gasteiger partial charge in [0.25, 0.3) is 5.91 Å². The number of nitrogens with zero attached hydrogens (tertiary/aromatic N) is 3. The van der Waals surface area contributed by atoms with Gasteiger partial charge in [-0.25, -0.2) is 9.97 Å². The first kappa shape index (κ1) is 13.7. The van der Waals surface area contributed by atoms with Crippen molar-refractivity contribution in [3.05, 3.63) is 16.5 Å². The Morgan fingerprint density at radius 2 is 1.79 bits per heavy atom. The van der Waals surface area contributed by atoms with Crippen molar-refractivity contribution < 1.29 is 9.59 Å². The predicted octanol–water partition coefficient (Wildman–Crippen LogP) is 0.988. The van der Waals surface area contributed by atoms with Crippen LogP contribution in [0.5, 0.6) is 0 Å². The number of hydrogen-bond acceptors (Lipinski definition) is 5. The fourth-order valence-electron chi connectivity index (χ4n) is 1.86. The molecule has 1 fully saturated rings. The molecule has 0 atom stereocenters. The number of aromatic nitrogens is 2. The van der Waals surface area contributed by atoms with Gasteiger partial charge < -0.3 is 4.90 Å². The van der Waals surface area contributed by atoms with E-state index in [1.54, 1.807) is 32.6 Å². The molecule has 1 aliphatic heterocycles. The monoisotopic (exact) mass is 282 g/mol. The molecule has 2 rings (SSSR count). The Kier molecular flexibility index (Phi) is 3.22. The number of carbonyl (C=O) groups excluding carboxylic acids is 2. The maximum absolute atomic E-state index is 11.9. The molecule has 2 amide bonds. The summed E-state index contributed by atoms with van der Waals surface area (Å²) < 4.78 is 0. The first-order chi connectivity index (χ1) is 8.73. The van der Waals surface area contributed by atoms with Crippen LogP contribution in [0.15, 0.2) is 0 Å². The molecule has 0 bridgehead atoms. The van der Waals surface area contributed by atoms with E-state index in [9.17, 15) is 9.59 Å². The zero-order valence-corrected chi connectivity index (χ0v) is 12.0. The van der Waals surface area contributed by atoms with Crippen LogP contribution in [0.3, 0.4) is 0 Å². The van der Waals surface area contributed by atoms with Crippen LogP contribution in [0, 0.1) is 13.8 Å². The van der Waals surface area contributed by atoms with Crippen molar-refractivity contribution >= 4 is 29.2 Å². The zero-order valence-electron chi connectivity index (χ0n) is 11.2. The Bertz CT molecular complexity index is 571. The molecule has 0 unspecified atom stereocenters. The number of amides is 2. The van der Waals surface area contributed by atoms with Gasteiger partial charge in [0.1, 0.15) is 5.54 Å². The summed E-state index contributed by atoms with van der Waals surface area (Å²) in [5.74, 6) is -0.391. The maximum atomic E-state index is 11.9. The van der Waals surface area contributed by atoms with Crippen molar-refractivity contribution in [2.24, 2.45) is 0 Å². The van der Waals surface area contributed by atoms with Crippen molar-refractivity contribution in [2.45, 2.75) is 33.2 Å². The number of anilines is 1. The molecule has 6 nitrogen and oxygen atoms in total. The molecule has 0 aliphatic carbocycles. The Morgan fingerprint density at radius 1 is 1.21 bits per heavy atom. The number of imide groups is 1. The highest BCUT2D eigenvalue weighted by atomic mass is 35.5. The van der Waals surface area contributed by atoms with Crippen molar-refractivity contribution in [3.8, 4) is 0 Å². The molecule has 1 aliphatic rings. The number of hydrogen-bond donors (Lipinski definition) is 1. The second kappa shape index (κ2) is 4.45. The van der Waals surface area contributed by atoms with Crippen LogP contribution in [-0.4, -0.2) is 33.9 Å². The predicted molar refractivity (Wildman–Crippen MR) is 71.1 cm³/mol. The number of halogens is 1. The lowest BCUT2D eigenvalue weighted by atomic mass is 9.99. The maximum Gasteiger partial charge on any atom is 0.251 e. The topological polar surface area (TPSA) is 75.2 Å². The summed E-state index contributed by atoms with van der Waals surface area (Å²) in [4.78, 5) is 33.6. The second-order valence-electron chi connectivity index (χ2n) is 5.03. The third-order valence-corrected chi connectivity index (χ3v) is 3.54. The van der Waals surface area contributed by atoms with Crippen LogP contribution in [0.25, 0.3) is 0 Å². The lowest BCUT2D eigenvalue weighted by Gasteiger charge is -2.41. The van der Waals surface area contributed by atoms with E-state index in [1.165, 1.54) is 0 Å². The summed E-state index contributed by atoms with van der Waals surface area (Å²) in [6, 6.07) is 0. The number of piperazine rings is 1. The lowest BCUT2D eigenvalue weighted by Crippen LogP contribution is -2.64. The molecular formula is C12H15ClN4O2. The molecular weight excluding hydrogens is 268 g/mol. The van der Waals surface area contributed by atoms with Crippen molar-refractivity contribution in [3.63, 3.8) is 0 Å². The number of carbonyl (C=O) groups is 2. The molecule has 0 spiro atoms. The molecule has 0 radical (unpaired) electrons. The molecule has 1 N–H and O–H groups in total. The van der Waals surface area contributed by atoms with E-state index in [-0.39, 0.29) is 23.5 Å². The van der Waals surface area contributed by atoms with Gasteiger partial charge in [-0.15, -0.1) is 0 Å². The zero-order chi connectivity index (χ0) is 14.4. The minimum absolute atomic E-state index is 0.0235. The van der Waals surface area contributed by atoms with Gasteiger partial charge in [0.05, 0.1) is 17.9 Å². The van der Waals surface area contributed by atoms with Gasteiger partial charge in [-0.2, -0.15) is 0 Å². The third-order valence-electron chi connectivity index (χ3n) is 3.29. The molecule has 7 heteroatoms. The van der Waals surface area contributed by atoms with Crippen LogP contribution in [0.1, 0.15) is 25.2 Å². The first-order valence-electron chi connectivity index (χ1n) is 5.86. The van der Waals surface area contributed by atoms with Crippen LogP contribution >= 0.6 is 11.6 Å². The van der Waals surface area contributed by atoms with Gasteiger partial charge in [-0.3, -0.25) is 14.9 Å². The van der Waals surface area contributed by atoms with E-state index in [0.29, 0.717) is 11.5 Å². The molecule has 19 heavy (non-hydrogen) atoms. The average molecular weight is 283 g/mol. The Labute approximate surface area is 116 Å². The molecule has 0 saturated carbocycles. The van der Waals surface area contributed by atoms with Gasteiger partial charge in [0, 0.05) is 0 Å². The number of rotatable bonds is 1. The summed E-state index contributed by atoms with van der Waals surface area (Å²) in [7, 11) is 0. The Balaban J connectivity index is 2.53. The van der Waals surface area contributed by atoms with E-state index in [0.717, 1.165) is 5.69 Å². The highest BCUT2D eigenvalue weighted by molar-refractivity contribution is 6.32. The van der Waals surface area contributed by atoms with Crippen LogP contribution < -0.4 is 10.2 Å². The van der Waals surface area contributed by atoms with Gasteiger partial charge in [-0.05, 0) is 27.7 Å². The smallest absolute Gasteiger partial charge is 0.251 e. The number of nitrogens with one attached hydrogen (secondary N) is 1. The van der Waals surface area contributed by atoms with Crippen molar-refractivity contribution in [2.75, 3.05) is 11.4 Å². The van der Waals surface area contributed by atoms with E-state index in [2.05, 4.69) is 15.3 Å². The highest BCUT2D eigenvalue weighted by Crippen LogP contribution is 2.30. The largest absolute Gasteiger partial charge is 0.331 e. The summed E-state index contributed by atoms with van der Waals surface area (Å²) >= 11 is 6.10. The quantitative estimate of drug-likeness (QED) is 0.778. The average Bonchev–Trinajstić information content (AvgIpc) is 2.29. The summed E-state index contributed by atoms with van der Waals surface area (Å²) in [5, 5.41) is 2.50. The first-order valence-corrected chi connectivity index (χ1v) is 6.24. The lowest BCUT2D eigenvalue weighted by molar-refractivity contribution is -0.135. The fourth-order valence-corrected chi connectivity index (χ4v) is 2.13.